The first-order valence-electron chi connectivity index (χ1n) is 5.33. The molecule has 0 aromatic heterocycles. The molecule has 0 nitrogen and oxygen atoms in total. The van der Waals surface area contributed by atoms with Crippen molar-refractivity contribution in [3.8, 4) is 0 Å². The first-order chi connectivity index (χ1) is 6.61. The summed E-state index contributed by atoms with van der Waals surface area (Å²) < 4.78 is 0. The van der Waals surface area contributed by atoms with Crippen LogP contribution < -0.4 is 0 Å². The fourth-order valence-electron chi connectivity index (χ4n) is 1.70. The Morgan fingerprint density at radius 3 is 1.79 bits per heavy atom. The van der Waals surface area contributed by atoms with Crippen molar-refractivity contribution in [1.82, 2.24) is 0 Å². The number of hydrogen-bond donors (Lipinski definition) is 0. The molecule has 1 heteroatoms. The minimum Gasteiger partial charge on any atom is -0.122 e. The van der Waals surface area contributed by atoms with E-state index in [4.69, 9.17) is 0 Å². The second-order valence-corrected chi connectivity index (χ2v) is 5.63. The monoisotopic (exact) mass is 208 g/mol. The molecule has 0 unspecified atom stereocenters. The van der Waals surface area contributed by atoms with Crippen LogP contribution in [0.25, 0.3) is 0 Å². The zero-order valence-electron chi connectivity index (χ0n) is 9.53. The zero-order chi connectivity index (χ0) is 10.6. The quantitative estimate of drug-likeness (QED) is 0.658. The predicted molar refractivity (Wildman–Crippen MR) is 65.8 cm³/mol. The third-order valence-electron chi connectivity index (χ3n) is 2.33. The zero-order valence-corrected chi connectivity index (χ0v) is 10.3. The fraction of sp³-hybridized carbons (Fsp3) is 0.538. The summed E-state index contributed by atoms with van der Waals surface area (Å²) in [6, 6.07) is 10.7. The number of benzene rings is 1. The highest BCUT2D eigenvalue weighted by Gasteiger charge is 2.18. The van der Waals surface area contributed by atoms with Gasteiger partial charge >= 0.3 is 0 Å². The molecule has 78 valence electrons. The van der Waals surface area contributed by atoms with E-state index < -0.39 is 0 Å². The average molecular weight is 208 g/mol. The average Bonchev–Trinajstić information content (AvgIpc) is 2.15. The van der Waals surface area contributed by atoms with Crippen LogP contribution in [0, 0.1) is 11.8 Å². The van der Waals surface area contributed by atoms with E-state index in [0.29, 0.717) is 0 Å². The number of rotatable bonds is 4. The maximum Gasteiger partial charge on any atom is 0.0140 e. The highest BCUT2D eigenvalue weighted by Crippen LogP contribution is 2.32. The lowest BCUT2D eigenvalue weighted by Crippen LogP contribution is -2.17. The SMILES string of the molecule is CC(C)C(Sc1ccccc1)C(C)C. The van der Waals surface area contributed by atoms with Gasteiger partial charge in [0.1, 0.15) is 0 Å². The third kappa shape index (κ3) is 3.38. The summed E-state index contributed by atoms with van der Waals surface area (Å²) in [6.45, 7) is 9.22. The van der Waals surface area contributed by atoms with Crippen LogP contribution >= 0.6 is 11.8 Å². The van der Waals surface area contributed by atoms with Gasteiger partial charge in [0.25, 0.3) is 0 Å². The predicted octanol–water partition coefficient (Wildman–Crippen LogP) is 4.46. The Labute approximate surface area is 92.1 Å². The van der Waals surface area contributed by atoms with Crippen LogP contribution in [-0.2, 0) is 0 Å². The van der Waals surface area contributed by atoms with E-state index in [2.05, 4.69) is 58.0 Å². The Balaban J connectivity index is 2.65. The van der Waals surface area contributed by atoms with Crippen molar-refractivity contribution >= 4 is 11.8 Å². The molecule has 0 aliphatic carbocycles. The van der Waals surface area contributed by atoms with E-state index in [9.17, 15) is 0 Å². The summed E-state index contributed by atoms with van der Waals surface area (Å²) in [6.07, 6.45) is 0. The van der Waals surface area contributed by atoms with E-state index >= 15 is 0 Å². The molecule has 1 rings (SSSR count). The lowest BCUT2D eigenvalue weighted by molar-refractivity contribution is 0.487. The standard InChI is InChI=1S/C13H20S/c1-10(2)13(11(3)4)14-12-8-6-5-7-9-12/h5-11,13H,1-4H3. The van der Waals surface area contributed by atoms with Crippen molar-refractivity contribution in [1.29, 1.82) is 0 Å². The second kappa shape index (κ2) is 5.45. The van der Waals surface area contributed by atoms with E-state index in [-0.39, 0.29) is 0 Å². The topological polar surface area (TPSA) is 0 Å². The largest absolute Gasteiger partial charge is 0.122 e. The van der Waals surface area contributed by atoms with Crippen LogP contribution in [0.1, 0.15) is 27.7 Å². The number of hydrogen-bond acceptors (Lipinski definition) is 1. The Morgan fingerprint density at radius 1 is 0.857 bits per heavy atom. The lowest BCUT2D eigenvalue weighted by Gasteiger charge is -2.24. The van der Waals surface area contributed by atoms with Crippen LogP contribution in [0.3, 0.4) is 0 Å². The summed E-state index contributed by atoms with van der Waals surface area (Å²) in [5, 5.41) is 0.720. The van der Waals surface area contributed by atoms with Gasteiger partial charge in [-0.05, 0) is 24.0 Å². The first-order valence-corrected chi connectivity index (χ1v) is 6.21. The van der Waals surface area contributed by atoms with Crippen molar-refractivity contribution in [2.75, 3.05) is 0 Å². The molecule has 0 fully saturated rings. The first kappa shape index (κ1) is 11.6. The molecule has 0 saturated carbocycles. The molecular weight excluding hydrogens is 188 g/mol. The summed E-state index contributed by atoms with van der Waals surface area (Å²) in [7, 11) is 0. The van der Waals surface area contributed by atoms with Crippen LogP contribution in [0.15, 0.2) is 35.2 Å². The minimum atomic E-state index is 0.720. The molecule has 0 bridgehead atoms. The molecule has 0 atom stereocenters. The van der Waals surface area contributed by atoms with Gasteiger partial charge in [0.05, 0.1) is 0 Å². The highest BCUT2D eigenvalue weighted by atomic mass is 32.2. The maximum atomic E-state index is 2.31. The van der Waals surface area contributed by atoms with Gasteiger partial charge in [0.15, 0.2) is 0 Å². The van der Waals surface area contributed by atoms with Crippen molar-refractivity contribution < 1.29 is 0 Å². The van der Waals surface area contributed by atoms with Gasteiger partial charge in [-0.3, -0.25) is 0 Å². The van der Waals surface area contributed by atoms with E-state index in [0.717, 1.165) is 17.1 Å². The van der Waals surface area contributed by atoms with Gasteiger partial charge < -0.3 is 0 Å². The maximum absolute atomic E-state index is 2.31. The van der Waals surface area contributed by atoms with Gasteiger partial charge in [-0.25, -0.2) is 0 Å². The number of thioether (sulfide) groups is 1. The van der Waals surface area contributed by atoms with Crippen molar-refractivity contribution in [3.63, 3.8) is 0 Å². The second-order valence-electron chi connectivity index (χ2n) is 4.38. The van der Waals surface area contributed by atoms with Crippen molar-refractivity contribution in [2.45, 2.75) is 37.8 Å². The van der Waals surface area contributed by atoms with Gasteiger partial charge in [0.2, 0.25) is 0 Å². The van der Waals surface area contributed by atoms with E-state index in [1.165, 1.54) is 4.90 Å². The van der Waals surface area contributed by atoms with Gasteiger partial charge in [-0.15, -0.1) is 11.8 Å². The van der Waals surface area contributed by atoms with Gasteiger partial charge in [-0.2, -0.15) is 0 Å². The smallest absolute Gasteiger partial charge is 0.0140 e. The summed E-state index contributed by atoms with van der Waals surface area (Å²) in [5.41, 5.74) is 0. The normalized spacial score (nSPS) is 11.6. The van der Waals surface area contributed by atoms with E-state index in [1.807, 2.05) is 11.8 Å². The Hall–Kier alpha value is -0.430. The summed E-state index contributed by atoms with van der Waals surface area (Å²) in [4.78, 5) is 1.39. The third-order valence-corrected chi connectivity index (χ3v) is 4.23. The van der Waals surface area contributed by atoms with Crippen LogP contribution in [0.5, 0.6) is 0 Å². The lowest BCUT2D eigenvalue weighted by atomic mass is 10.0. The Kier molecular flexibility index (Phi) is 4.53. The highest BCUT2D eigenvalue weighted by molar-refractivity contribution is 8.00. The Morgan fingerprint density at radius 2 is 1.36 bits per heavy atom. The molecule has 1 aromatic carbocycles. The van der Waals surface area contributed by atoms with Crippen LogP contribution in [0.2, 0.25) is 0 Å². The minimum absolute atomic E-state index is 0.720. The molecule has 0 aliphatic heterocycles. The molecule has 1 aromatic rings. The molecule has 0 amide bonds. The molecule has 0 spiro atoms. The molecule has 0 heterocycles. The van der Waals surface area contributed by atoms with Crippen molar-refractivity contribution in [3.05, 3.63) is 30.3 Å². The molecule has 0 radical (unpaired) electrons. The molecule has 14 heavy (non-hydrogen) atoms. The van der Waals surface area contributed by atoms with Gasteiger partial charge in [0, 0.05) is 10.1 Å². The summed E-state index contributed by atoms with van der Waals surface area (Å²) >= 11 is 2.00. The van der Waals surface area contributed by atoms with Crippen molar-refractivity contribution in [2.24, 2.45) is 11.8 Å². The van der Waals surface area contributed by atoms with Crippen LogP contribution in [-0.4, -0.2) is 5.25 Å². The van der Waals surface area contributed by atoms with Gasteiger partial charge in [-0.1, -0.05) is 45.9 Å². The fourth-order valence-corrected chi connectivity index (χ4v) is 2.87. The Bertz CT molecular complexity index is 243. The van der Waals surface area contributed by atoms with Crippen LogP contribution in [0.4, 0.5) is 0 Å². The van der Waals surface area contributed by atoms with E-state index in [1.54, 1.807) is 0 Å². The molecule has 0 N–H and O–H groups in total. The summed E-state index contributed by atoms with van der Waals surface area (Å²) in [5.74, 6) is 1.47. The molecule has 0 saturated heterocycles. The molecule has 0 aliphatic rings. The molecular formula is C13H20S.